The Labute approximate surface area is 277 Å². The van der Waals surface area contributed by atoms with Crippen LogP contribution in [0.4, 0.5) is 17.1 Å². The number of rotatable bonds is 4. The molecular weight excluding hydrogens is 567 g/mol. The minimum Gasteiger partial charge on any atom is -0.310 e. The summed E-state index contributed by atoms with van der Waals surface area (Å²) < 4.78 is 0. The predicted octanol–water partition coefficient (Wildman–Crippen LogP) is 12.6. The second-order valence-corrected chi connectivity index (χ2v) is 14.2. The molecule has 226 valence electrons. The molecule has 0 aromatic heterocycles. The molecule has 0 aliphatic heterocycles. The molecule has 2 aliphatic rings. The molecule has 0 radical (unpaired) electrons. The molecule has 9 rings (SSSR count). The van der Waals surface area contributed by atoms with Gasteiger partial charge in [-0.1, -0.05) is 137 Å². The van der Waals surface area contributed by atoms with E-state index in [1.165, 1.54) is 77.8 Å². The molecule has 0 N–H and O–H groups in total. The Balaban J connectivity index is 1.23. The fourth-order valence-electron chi connectivity index (χ4n) is 8.53. The molecule has 0 spiro atoms. The highest BCUT2D eigenvalue weighted by molar-refractivity contribution is 6.06. The molecule has 47 heavy (non-hydrogen) atoms. The van der Waals surface area contributed by atoms with E-state index in [-0.39, 0.29) is 10.8 Å². The lowest BCUT2D eigenvalue weighted by Crippen LogP contribution is -2.18. The Morgan fingerprint density at radius 3 is 1.60 bits per heavy atom. The average molecular weight is 604 g/mol. The zero-order valence-electron chi connectivity index (χ0n) is 27.4. The summed E-state index contributed by atoms with van der Waals surface area (Å²) in [6.45, 7) is 9.52. The number of benzene rings is 7. The zero-order chi connectivity index (χ0) is 31.9. The van der Waals surface area contributed by atoms with Crippen LogP contribution in [0.2, 0.25) is 0 Å². The molecule has 7 aromatic rings. The lowest BCUT2D eigenvalue weighted by Gasteiger charge is -2.30. The summed E-state index contributed by atoms with van der Waals surface area (Å²) in [6, 6.07) is 56.1. The van der Waals surface area contributed by atoms with Crippen molar-refractivity contribution in [3.63, 3.8) is 0 Å². The van der Waals surface area contributed by atoms with E-state index in [9.17, 15) is 0 Å². The Kier molecular flexibility index (Phi) is 5.96. The van der Waals surface area contributed by atoms with Crippen LogP contribution in [0.1, 0.15) is 49.9 Å². The number of para-hydroxylation sites is 1. The topological polar surface area (TPSA) is 3.24 Å². The van der Waals surface area contributed by atoms with E-state index in [4.69, 9.17) is 0 Å². The van der Waals surface area contributed by atoms with Crippen LogP contribution in [0.15, 0.2) is 152 Å². The quantitative estimate of drug-likeness (QED) is 0.193. The highest BCUT2D eigenvalue weighted by atomic mass is 15.1. The third-order valence-electron chi connectivity index (χ3n) is 10.8. The Morgan fingerprint density at radius 1 is 0.362 bits per heavy atom. The molecule has 0 unspecified atom stereocenters. The van der Waals surface area contributed by atoms with Crippen molar-refractivity contribution in [2.24, 2.45) is 0 Å². The van der Waals surface area contributed by atoms with E-state index < -0.39 is 0 Å². The zero-order valence-corrected chi connectivity index (χ0v) is 27.4. The number of fused-ring (bicyclic) bond motifs is 8. The number of hydrogen-bond donors (Lipinski definition) is 0. The molecule has 0 bridgehead atoms. The van der Waals surface area contributed by atoms with Crippen molar-refractivity contribution in [1.29, 1.82) is 0 Å². The molecule has 1 heteroatoms. The summed E-state index contributed by atoms with van der Waals surface area (Å²) in [5, 5.41) is 2.65. The summed E-state index contributed by atoms with van der Waals surface area (Å²) in [4.78, 5) is 2.44. The van der Waals surface area contributed by atoms with Gasteiger partial charge in [0.05, 0.1) is 0 Å². The second-order valence-electron chi connectivity index (χ2n) is 14.2. The van der Waals surface area contributed by atoms with E-state index in [0.717, 1.165) is 5.69 Å². The van der Waals surface area contributed by atoms with Crippen LogP contribution in [0.3, 0.4) is 0 Å². The van der Waals surface area contributed by atoms with Gasteiger partial charge in [-0.05, 0) is 109 Å². The minimum absolute atomic E-state index is 0.0661. The summed E-state index contributed by atoms with van der Waals surface area (Å²) in [5.41, 5.74) is 16.8. The predicted molar refractivity (Wildman–Crippen MR) is 199 cm³/mol. The lowest BCUT2D eigenvalue weighted by atomic mass is 9.79. The summed E-state index contributed by atoms with van der Waals surface area (Å²) in [5.74, 6) is 0. The first-order chi connectivity index (χ1) is 22.8. The van der Waals surface area contributed by atoms with E-state index >= 15 is 0 Å². The first kappa shape index (κ1) is 27.9. The molecule has 0 atom stereocenters. The smallest absolute Gasteiger partial charge is 0.0465 e. The third-order valence-corrected chi connectivity index (χ3v) is 10.8. The van der Waals surface area contributed by atoms with Gasteiger partial charge in [0, 0.05) is 27.9 Å². The molecule has 0 saturated heterocycles. The first-order valence-corrected chi connectivity index (χ1v) is 16.7. The molecule has 0 fully saturated rings. The van der Waals surface area contributed by atoms with Crippen LogP contribution in [-0.2, 0) is 10.8 Å². The fraction of sp³-hybridized carbons (Fsp3) is 0.130. The maximum Gasteiger partial charge on any atom is 0.0465 e. The molecule has 7 aromatic carbocycles. The van der Waals surface area contributed by atoms with Gasteiger partial charge >= 0.3 is 0 Å². The highest BCUT2D eigenvalue weighted by Gasteiger charge is 2.39. The van der Waals surface area contributed by atoms with Gasteiger partial charge in [0.2, 0.25) is 0 Å². The van der Waals surface area contributed by atoms with Crippen LogP contribution in [0, 0.1) is 0 Å². The summed E-state index contributed by atoms with van der Waals surface area (Å²) in [6.07, 6.45) is 0. The largest absolute Gasteiger partial charge is 0.310 e. The third kappa shape index (κ3) is 4.02. The van der Waals surface area contributed by atoms with Crippen LogP contribution in [-0.4, -0.2) is 0 Å². The maximum absolute atomic E-state index is 2.45. The monoisotopic (exact) mass is 603 g/mol. The van der Waals surface area contributed by atoms with Gasteiger partial charge in [-0.3, -0.25) is 0 Å². The van der Waals surface area contributed by atoms with E-state index in [1.54, 1.807) is 0 Å². The summed E-state index contributed by atoms with van der Waals surface area (Å²) >= 11 is 0. The van der Waals surface area contributed by atoms with Crippen molar-refractivity contribution in [2.45, 2.75) is 38.5 Å². The van der Waals surface area contributed by atoms with Gasteiger partial charge in [0.1, 0.15) is 0 Å². The van der Waals surface area contributed by atoms with Gasteiger partial charge in [-0.2, -0.15) is 0 Å². The highest BCUT2D eigenvalue weighted by Crippen LogP contribution is 2.55. The number of anilines is 3. The van der Waals surface area contributed by atoms with Gasteiger partial charge < -0.3 is 4.90 Å². The minimum atomic E-state index is -0.167. The molecule has 0 heterocycles. The average Bonchev–Trinajstić information content (AvgIpc) is 3.48. The standard InChI is InChI=1S/C46H37N/c1-45(2)41-22-14-13-20-35(41)36-25-23-32(27-42(36)45)47(31-17-9-6-10-18-31)33-24-26-37-40-29-39(30-15-7-5-8-16-30)34-19-11-12-21-38(34)44(40)46(3,4)43(37)28-33/h5-29H,1-4H3. The van der Waals surface area contributed by atoms with E-state index in [2.05, 4.69) is 184 Å². The van der Waals surface area contributed by atoms with Crippen molar-refractivity contribution < 1.29 is 0 Å². The number of hydrogen-bond acceptors (Lipinski definition) is 1. The van der Waals surface area contributed by atoms with Gasteiger partial charge in [0.25, 0.3) is 0 Å². The Morgan fingerprint density at radius 2 is 0.894 bits per heavy atom. The van der Waals surface area contributed by atoms with Crippen molar-refractivity contribution in [1.82, 2.24) is 0 Å². The fourth-order valence-corrected chi connectivity index (χ4v) is 8.53. The molecule has 0 amide bonds. The SMILES string of the molecule is CC1(C)c2ccccc2-c2ccc(N(c3ccccc3)c3ccc4c(c3)C(C)(C)c3c-4cc(-c4ccccc4)c4ccccc34)cc21. The summed E-state index contributed by atoms with van der Waals surface area (Å²) in [7, 11) is 0. The van der Waals surface area contributed by atoms with Crippen LogP contribution in [0.25, 0.3) is 44.2 Å². The molecule has 2 aliphatic carbocycles. The molecule has 1 nitrogen and oxygen atoms in total. The van der Waals surface area contributed by atoms with Gasteiger partial charge in [-0.15, -0.1) is 0 Å². The van der Waals surface area contributed by atoms with E-state index in [1.807, 2.05) is 0 Å². The molecular formula is C46H37N. The van der Waals surface area contributed by atoms with Crippen LogP contribution in [0.5, 0.6) is 0 Å². The van der Waals surface area contributed by atoms with Crippen molar-refractivity contribution in [3.05, 3.63) is 174 Å². The van der Waals surface area contributed by atoms with Gasteiger partial charge in [-0.25, -0.2) is 0 Å². The van der Waals surface area contributed by atoms with Crippen molar-refractivity contribution in [3.8, 4) is 33.4 Å². The maximum atomic E-state index is 2.45. The molecule has 0 saturated carbocycles. The van der Waals surface area contributed by atoms with Crippen molar-refractivity contribution >= 4 is 27.8 Å². The van der Waals surface area contributed by atoms with Crippen LogP contribution < -0.4 is 4.90 Å². The second kappa shape index (κ2) is 10.0. The Hall–Kier alpha value is -5.40. The first-order valence-electron chi connectivity index (χ1n) is 16.7. The van der Waals surface area contributed by atoms with E-state index in [0.29, 0.717) is 0 Å². The lowest BCUT2D eigenvalue weighted by molar-refractivity contribution is 0.660. The Bertz CT molecular complexity index is 2340. The van der Waals surface area contributed by atoms with Gasteiger partial charge in [0.15, 0.2) is 0 Å². The normalized spacial score (nSPS) is 14.7. The van der Waals surface area contributed by atoms with Crippen molar-refractivity contribution in [2.75, 3.05) is 4.90 Å². The number of nitrogens with zero attached hydrogens (tertiary/aromatic N) is 1. The van der Waals surface area contributed by atoms with Crippen LogP contribution >= 0.6 is 0 Å².